The summed E-state index contributed by atoms with van der Waals surface area (Å²) in [6.45, 7) is 1.14. The Hall–Kier alpha value is -1.75. The number of piperidine rings is 1. The maximum absolute atomic E-state index is 12.5. The molecule has 1 heterocycles. The summed E-state index contributed by atoms with van der Waals surface area (Å²) in [7, 11) is 1.50. The Morgan fingerprint density at radius 1 is 1.38 bits per heavy atom. The largest absolute Gasteiger partial charge is 0.496 e. The molecule has 0 aliphatic carbocycles. The number of amides is 1. The van der Waals surface area contributed by atoms with Crippen molar-refractivity contribution in [2.75, 3.05) is 20.2 Å². The van der Waals surface area contributed by atoms with Crippen molar-refractivity contribution >= 4 is 23.5 Å². The molecule has 2 rings (SSSR count). The summed E-state index contributed by atoms with van der Waals surface area (Å²) in [5.41, 5.74) is 0.485. The van der Waals surface area contributed by atoms with Gasteiger partial charge in [-0.15, -0.1) is 0 Å². The van der Waals surface area contributed by atoms with Crippen molar-refractivity contribution in [1.29, 1.82) is 0 Å². The molecule has 6 heteroatoms. The van der Waals surface area contributed by atoms with Gasteiger partial charge in [0.2, 0.25) is 0 Å². The van der Waals surface area contributed by atoms with E-state index in [0.717, 1.165) is 0 Å². The number of carboxylic acids is 1. The third-order valence-electron chi connectivity index (χ3n) is 3.76. The number of aliphatic carboxylic acids is 1. The van der Waals surface area contributed by atoms with Gasteiger partial charge in [-0.2, -0.15) is 0 Å². The fourth-order valence-corrected chi connectivity index (χ4v) is 2.76. The summed E-state index contributed by atoms with van der Waals surface area (Å²) < 4.78 is 5.20. The van der Waals surface area contributed by atoms with Crippen molar-refractivity contribution in [2.24, 2.45) is 5.92 Å². The second kappa shape index (κ2) is 6.80. The Balaban J connectivity index is 2.03. The van der Waals surface area contributed by atoms with Crippen LogP contribution in [0.15, 0.2) is 18.2 Å². The zero-order valence-corrected chi connectivity index (χ0v) is 12.6. The average molecular weight is 312 g/mol. The highest BCUT2D eigenvalue weighted by Gasteiger charge is 2.26. The van der Waals surface area contributed by atoms with Gasteiger partial charge >= 0.3 is 5.97 Å². The second-order valence-corrected chi connectivity index (χ2v) is 5.61. The van der Waals surface area contributed by atoms with Crippen LogP contribution < -0.4 is 4.74 Å². The van der Waals surface area contributed by atoms with Crippen LogP contribution in [0.25, 0.3) is 0 Å². The number of carbonyl (C=O) groups excluding carboxylic acids is 1. The number of likely N-dealkylation sites (tertiary alicyclic amines) is 1. The predicted molar refractivity (Wildman–Crippen MR) is 78.9 cm³/mol. The molecule has 1 saturated heterocycles. The van der Waals surface area contributed by atoms with E-state index >= 15 is 0 Å². The van der Waals surface area contributed by atoms with E-state index < -0.39 is 5.97 Å². The van der Waals surface area contributed by atoms with E-state index in [2.05, 4.69) is 0 Å². The lowest BCUT2D eigenvalue weighted by Crippen LogP contribution is -2.39. The Labute approximate surface area is 128 Å². The van der Waals surface area contributed by atoms with Crippen molar-refractivity contribution in [3.8, 4) is 5.75 Å². The van der Waals surface area contributed by atoms with Crippen LogP contribution in [-0.4, -0.2) is 42.1 Å². The zero-order valence-electron chi connectivity index (χ0n) is 11.8. The van der Waals surface area contributed by atoms with Crippen LogP contribution >= 0.6 is 11.6 Å². The fraction of sp³-hybridized carbons (Fsp3) is 0.467. The van der Waals surface area contributed by atoms with Crippen LogP contribution in [0.1, 0.15) is 29.6 Å². The minimum absolute atomic E-state index is 0.0997. The lowest BCUT2D eigenvalue weighted by Gasteiger charge is -2.31. The number of ether oxygens (including phenoxy) is 1. The molecule has 0 atom stereocenters. The number of benzene rings is 1. The van der Waals surface area contributed by atoms with Crippen molar-refractivity contribution in [3.05, 3.63) is 28.8 Å². The van der Waals surface area contributed by atoms with Crippen LogP contribution in [0.5, 0.6) is 5.75 Å². The van der Waals surface area contributed by atoms with Gasteiger partial charge in [-0.1, -0.05) is 11.6 Å². The molecule has 0 radical (unpaired) electrons. The van der Waals surface area contributed by atoms with Gasteiger partial charge in [0.25, 0.3) is 5.91 Å². The smallest absolute Gasteiger partial charge is 0.303 e. The molecule has 114 valence electrons. The van der Waals surface area contributed by atoms with E-state index in [1.165, 1.54) is 7.11 Å². The molecule has 1 aromatic carbocycles. The van der Waals surface area contributed by atoms with E-state index in [4.69, 9.17) is 21.4 Å². The first-order valence-electron chi connectivity index (χ1n) is 6.86. The number of carbonyl (C=O) groups is 2. The number of hydrogen-bond donors (Lipinski definition) is 1. The van der Waals surface area contributed by atoms with E-state index in [0.29, 0.717) is 42.3 Å². The molecule has 0 spiro atoms. The number of nitrogens with zero attached hydrogens (tertiary/aromatic N) is 1. The van der Waals surface area contributed by atoms with Crippen molar-refractivity contribution in [2.45, 2.75) is 19.3 Å². The van der Waals surface area contributed by atoms with E-state index in [1.807, 2.05) is 0 Å². The number of halogens is 1. The Kier molecular flexibility index (Phi) is 5.07. The maximum atomic E-state index is 12.5. The maximum Gasteiger partial charge on any atom is 0.303 e. The Morgan fingerprint density at radius 3 is 2.62 bits per heavy atom. The summed E-state index contributed by atoms with van der Waals surface area (Å²) in [5.74, 6) is -0.268. The van der Waals surface area contributed by atoms with Crippen molar-refractivity contribution < 1.29 is 19.4 Å². The summed E-state index contributed by atoms with van der Waals surface area (Å²) in [4.78, 5) is 25.0. The first-order chi connectivity index (χ1) is 10.0. The minimum atomic E-state index is -0.779. The number of carboxylic acid groups (broad SMARTS) is 1. The number of methoxy groups -OCH3 is 1. The molecule has 1 fully saturated rings. The van der Waals surface area contributed by atoms with Crippen molar-refractivity contribution in [1.82, 2.24) is 4.90 Å². The molecule has 1 amide bonds. The minimum Gasteiger partial charge on any atom is -0.496 e. The lowest BCUT2D eigenvalue weighted by atomic mass is 9.93. The van der Waals surface area contributed by atoms with E-state index in [1.54, 1.807) is 23.1 Å². The third kappa shape index (κ3) is 3.88. The zero-order chi connectivity index (χ0) is 15.4. The van der Waals surface area contributed by atoms with Gasteiger partial charge in [0.1, 0.15) is 5.75 Å². The molecule has 5 nitrogen and oxygen atoms in total. The quantitative estimate of drug-likeness (QED) is 0.928. The molecule has 0 aromatic heterocycles. The standard InChI is InChI=1S/C15H18ClNO4/c1-21-13-9-11(16)2-3-12(13)15(20)17-6-4-10(5-7-17)8-14(18)19/h2-3,9-10H,4-8H2,1H3,(H,18,19). The molecule has 1 N–H and O–H groups in total. The average Bonchev–Trinajstić information content (AvgIpc) is 2.46. The molecule has 0 unspecified atom stereocenters. The molecule has 21 heavy (non-hydrogen) atoms. The summed E-state index contributed by atoms with van der Waals surface area (Å²) in [6, 6.07) is 4.94. The van der Waals surface area contributed by atoms with Crippen LogP contribution in [-0.2, 0) is 4.79 Å². The topological polar surface area (TPSA) is 66.8 Å². The van der Waals surface area contributed by atoms with Gasteiger partial charge in [-0.25, -0.2) is 0 Å². The van der Waals surface area contributed by atoms with E-state index in [-0.39, 0.29) is 18.2 Å². The van der Waals surface area contributed by atoms with Crippen LogP contribution in [0, 0.1) is 5.92 Å². The molecule has 0 bridgehead atoms. The first-order valence-corrected chi connectivity index (χ1v) is 7.23. The molecule has 1 aromatic rings. The summed E-state index contributed by atoms with van der Waals surface area (Å²) in [6.07, 6.45) is 1.61. The molecule has 0 saturated carbocycles. The van der Waals surface area contributed by atoms with Gasteiger partial charge in [0.15, 0.2) is 0 Å². The fourth-order valence-electron chi connectivity index (χ4n) is 2.60. The van der Waals surface area contributed by atoms with Gasteiger partial charge in [0, 0.05) is 24.5 Å². The second-order valence-electron chi connectivity index (χ2n) is 5.18. The van der Waals surface area contributed by atoms with Crippen LogP contribution in [0.4, 0.5) is 0 Å². The summed E-state index contributed by atoms with van der Waals surface area (Å²) in [5, 5.41) is 9.32. The lowest BCUT2D eigenvalue weighted by molar-refractivity contribution is -0.138. The van der Waals surface area contributed by atoms with Gasteiger partial charge in [-0.05, 0) is 37.0 Å². The molecule has 1 aliphatic rings. The highest BCUT2D eigenvalue weighted by molar-refractivity contribution is 6.30. The molecule has 1 aliphatic heterocycles. The monoisotopic (exact) mass is 311 g/mol. The van der Waals surface area contributed by atoms with Gasteiger partial charge in [0.05, 0.1) is 12.7 Å². The number of hydrogen-bond acceptors (Lipinski definition) is 3. The normalized spacial score (nSPS) is 15.8. The SMILES string of the molecule is COc1cc(Cl)ccc1C(=O)N1CCC(CC(=O)O)CC1. The van der Waals surface area contributed by atoms with Crippen LogP contribution in [0.3, 0.4) is 0 Å². The third-order valence-corrected chi connectivity index (χ3v) is 3.99. The highest BCUT2D eigenvalue weighted by Crippen LogP contribution is 2.27. The molecular formula is C15H18ClNO4. The van der Waals surface area contributed by atoms with E-state index in [9.17, 15) is 9.59 Å². The number of rotatable bonds is 4. The molecular weight excluding hydrogens is 294 g/mol. The summed E-state index contributed by atoms with van der Waals surface area (Å²) >= 11 is 5.89. The van der Waals surface area contributed by atoms with Crippen molar-refractivity contribution in [3.63, 3.8) is 0 Å². The highest BCUT2D eigenvalue weighted by atomic mass is 35.5. The Bertz CT molecular complexity index is 538. The predicted octanol–water partition coefficient (Wildman–Crippen LogP) is 2.68. The van der Waals surface area contributed by atoms with Gasteiger partial charge < -0.3 is 14.7 Å². The first kappa shape index (κ1) is 15.6. The van der Waals surface area contributed by atoms with Crippen LogP contribution in [0.2, 0.25) is 5.02 Å². The Morgan fingerprint density at radius 2 is 2.05 bits per heavy atom. The van der Waals surface area contributed by atoms with Gasteiger partial charge in [-0.3, -0.25) is 9.59 Å².